The topological polar surface area (TPSA) is 100 Å². The fourth-order valence-corrected chi connectivity index (χ4v) is 5.08. The number of carbonyl (C=O) groups is 1. The molecule has 43 heavy (non-hydrogen) atoms. The van der Waals surface area contributed by atoms with Crippen molar-refractivity contribution in [2.75, 3.05) is 63.4 Å². The quantitative estimate of drug-likeness (QED) is 0.287. The van der Waals surface area contributed by atoms with Crippen molar-refractivity contribution in [1.82, 2.24) is 14.9 Å². The molecule has 0 unspecified atom stereocenters. The maximum absolute atomic E-state index is 12.4. The van der Waals surface area contributed by atoms with E-state index >= 15 is 0 Å². The van der Waals surface area contributed by atoms with Crippen LogP contribution in [0.15, 0.2) is 66.9 Å². The van der Waals surface area contributed by atoms with Gasteiger partial charge in [0.15, 0.2) is 0 Å². The molecular weight excluding hydrogens is 546 g/mol. The summed E-state index contributed by atoms with van der Waals surface area (Å²) in [6.45, 7) is 8.69. The zero-order chi connectivity index (χ0) is 30.6. The highest BCUT2D eigenvalue weighted by Crippen LogP contribution is 2.34. The van der Waals surface area contributed by atoms with Gasteiger partial charge in [0.25, 0.3) is 0 Å². The molecule has 1 aliphatic rings. The van der Waals surface area contributed by atoms with Crippen molar-refractivity contribution in [1.29, 1.82) is 0 Å². The van der Waals surface area contributed by atoms with Crippen molar-refractivity contribution in [2.24, 2.45) is 0 Å². The molecule has 4 aromatic rings. The fraction of sp³-hybridized carbons (Fsp3) is 0.364. The Balaban J connectivity index is 1.34. The van der Waals surface area contributed by atoms with Gasteiger partial charge in [-0.25, -0.2) is 9.78 Å². The Bertz CT molecular complexity index is 1540. The first-order valence-corrected chi connectivity index (χ1v) is 14.4. The number of aromatic nitrogens is 2. The van der Waals surface area contributed by atoms with E-state index in [1.54, 1.807) is 25.3 Å². The number of rotatable bonds is 8. The van der Waals surface area contributed by atoms with Crippen LogP contribution in [0.3, 0.4) is 0 Å². The molecule has 10 heteroatoms. The molecule has 0 atom stereocenters. The number of hydrogen-bond donors (Lipinski definition) is 1. The maximum atomic E-state index is 12.4. The number of anilines is 3. The van der Waals surface area contributed by atoms with E-state index in [1.165, 1.54) is 0 Å². The SMILES string of the molecule is COc1cc(OC)cc(N(CCO)c2ccc3ncc(-c4ccc(N5CCN(C(=O)OC(C)(C)C)CC5)cc4)nc3c2)c1. The molecule has 3 aromatic carbocycles. The highest BCUT2D eigenvalue weighted by atomic mass is 16.6. The first kappa shape index (κ1) is 29.9. The molecule has 2 heterocycles. The highest BCUT2D eigenvalue weighted by Gasteiger charge is 2.26. The van der Waals surface area contributed by atoms with Crippen molar-refractivity contribution in [2.45, 2.75) is 26.4 Å². The molecule has 0 bridgehead atoms. The highest BCUT2D eigenvalue weighted by molar-refractivity contribution is 5.83. The Morgan fingerprint density at radius 2 is 1.56 bits per heavy atom. The van der Waals surface area contributed by atoms with Crippen LogP contribution in [-0.4, -0.2) is 85.2 Å². The van der Waals surface area contributed by atoms with Crippen LogP contribution in [0.1, 0.15) is 20.8 Å². The monoisotopic (exact) mass is 585 g/mol. The van der Waals surface area contributed by atoms with E-state index in [2.05, 4.69) is 34.1 Å². The van der Waals surface area contributed by atoms with Crippen LogP contribution in [-0.2, 0) is 4.74 Å². The summed E-state index contributed by atoms with van der Waals surface area (Å²) in [6.07, 6.45) is 1.53. The van der Waals surface area contributed by atoms with Gasteiger partial charge in [-0.3, -0.25) is 4.98 Å². The summed E-state index contributed by atoms with van der Waals surface area (Å²) in [5.41, 5.74) is 5.54. The third-order valence-electron chi connectivity index (χ3n) is 7.27. The average Bonchev–Trinajstić information content (AvgIpc) is 3.02. The third kappa shape index (κ3) is 7.09. The van der Waals surface area contributed by atoms with Crippen LogP contribution >= 0.6 is 0 Å². The van der Waals surface area contributed by atoms with Gasteiger partial charge in [-0.05, 0) is 51.1 Å². The van der Waals surface area contributed by atoms with E-state index in [0.29, 0.717) is 31.1 Å². The average molecular weight is 586 g/mol. The fourth-order valence-electron chi connectivity index (χ4n) is 5.08. The van der Waals surface area contributed by atoms with Gasteiger partial charge in [0.2, 0.25) is 0 Å². The molecular formula is C33H39N5O5. The molecule has 1 amide bonds. The van der Waals surface area contributed by atoms with E-state index in [0.717, 1.165) is 52.4 Å². The molecule has 1 N–H and O–H groups in total. The number of fused-ring (bicyclic) bond motifs is 1. The summed E-state index contributed by atoms with van der Waals surface area (Å²) in [7, 11) is 3.22. The van der Waals surface area contributed by atoms with Crippen LogP contribution in [0.4, 0.5) is 21.9 Å². The van der Waals surface area contributed by atoms with Crippen molar-refractivity contribution < 1.29 is 24.1 Å². The van der Waals surface area contributed by atoms with Gasteiger partial charge in [-0.15, -0.1) is 0 Å². The molecule has 10 nitrogen and oxygen atoms in total. The van der Waals surface area contributed by atoms with Gasteiger partial charge in [0, 0.05) is 73.5 Å². The zero-order valence-electron chi connectivity index (χ0n) is 25.4. The van der Waals surface area contributed by atoms with Crippen LogP contribution < -0.4 is 19.3 Å². The Morgan fingerprint density at radius 3 is 2.16 bits per heavy atom. The lowest BCUT2D eigenvalue weighted by Crippen LogP contribution is -2.50. The van der Waals surface area contributed by atoms with Crippen molar-refractivity contribution in [3.63, 3.8) is 0 Å². The van der Waals surface area contributed by atoms with Gasteiger partial charge < -0.3 is 34.0 Å². The molecule has 1 saturated heterocycles. The van der Waals surface area contributed by atoms with Crippen molar-refractivity contribution in [3.05, 3.63) is 66.9 Å². The Morgan fingerprint density at radius 1 is 0.884 bits per heavy atom. The molecule has 0 aliphatic carbocycles. The molecule has 0 spiro atoms. The first-order valence-electron chi connectivity index (χ1n) is 14.4. The lowest BCUT2D eigenvalue weighted by molar-refractivity contribution is 0.0240. The Hall–Kier alpha value is -4.57. The Labute approximate surface area is 252 Å². The summed E-state index contributed by atoms with van der Waals surface area (Å²) >= 11 is 0. The minimum atomic E-state index is -0.500. The summed E-state index contributed by atoms with van der Waals surface area (Å²) in [5, 5.41) is 9.85. The van der Waals surface area contributed by atoms with Crippen molar-refractivity contribution in [3.8, 4) is 22.8 Å². The lowest BCUT2D eigenvalue weighted by atomic mass is 10.1. The van der Waals surface area contributed by atoms with Gasteiger partial charge in [0.05, 0.1) is 43.8 Å². The van der Waals surface area contributed by atoms with Gasteiger partial charge in [-0.2, -0.15) is 0 Å². The summed E-state index contributed by atoms with van der Waals surface area (Å²) in [4.78, 5) is 28.0. The standard InChI is InChI=1S/C33H39N5O5/c1-33(2,3)43-32(40)37-14-12-36(13-15-37)24-8-6-23(7-9-24)31-22-34-29-11-10-25(20-30(29)35-31)38(16-17-39)26-18-27(41-4)21-28(19-26)42-5/h6-11,18-22,39H,12-17H2,1-5H3. The molecule has 1 aliphatic heterocycles. The normalized spacial score (nSPS) is 13.6. The number of ether oxygens (including phenoxy) is 3. The number of carbonyl (C=O) groups excluding carboxylic acids is 1. The van der Waals surface area contributed by atoms with Crippen LogP contribution in [0.25, 0.3) is 22.3 Å². The van der Waals surface area contributed by atoms with E-state index in [-0.39, 0.29) is 12.7 Å². The lowest BCUT2D eigenvalue weighted by Gasteiger charge is -2.36. The second-order valence-corrected chi connectivity index (χ2v) is 11.4. The largest absolute Gasteiger partial charge is 0.497 e. The molecule has 1 aromatic heterocycles. The first-order chi connectivity index (χ1) is 20.7. The maximum Gasteiger partial charge on any atom is 0.410 e. The second kappa shape index (κ2) is 12.7. The zero-order valence-corrected chi connectivity index (χ0v) is 25.4. The number of benzene rings is 3. The summed E-state index contributed by atoms with van der Waals surface area (Å²) in [6, 6.07) is 19.8. The van der Waals surface area contributed by atoms with Crippen molar-refractivity contribution >= 4 is 34.2 Å². The second-order valence-electron chi connectivity index (χ2n) is 11.4. The number of methoxy groups -OCH3 is 2. The number of aliphatic hydroxyl groups excluding tert-OH is 1. The number of nitrogens with zero attached hydrogens (tertiary/aromatic N) is 5. The van der Waals surface area contributed by atoms with Gasteiger partial charge in [0.1, 0.15) is 17.1 Å². The third-order valence-corrected chi connectivity index (χ3v) is 7.27. The number of amides is 1. The van der Waals surface area contributed by atoms with Gasteiger partial charge >= 0.3 is 6.09 Å². The minimum Gasteiger partial charge on any atom is -0.497 e. The molecule has 0 radical (unpaired) electrons. The van der Waals surface area contributed by atoms with E-state index in [1.807, 2.05) is 62.1 Å². The predicted octanol–water partition coefficient (Wildman–Crippen LogP) is 5.50. The molecule has 1 fully saturated rings. The van der Waals surface area contributed by atoms with Crippen LogP contribution in [0.2, 0.25) is 0 Å². The minimum absolute atomic E-state index is 0.0360. The smallest absolute Gasteiger partial charge is 0.410 e. The predicted molar refractivity (Wildman–Crippen MR) is 169 cm³/mol. The molecule has 226 valence electrons. The summed E-state index contributed by atoms with van der Waals surface area (Å²) < 4.78 is 16.4. The van der Waals surface area contributed by atoms with E-state index in [9.17, 15) is 9.90 Å². The molecule has 0 saturated carbocycles. The molecule has 5 rings (SSSR count). The van der Waals surface area contributed by atoms with Gasteiger partial charge in [-0.1, -0.05) is 12.1 Å². The number of piperazine rings is 1. The van der Waals surface area contributed by atoms with E-state index in [4.69, 9.17) is 19.2 Å². The summed E-state index contributed by atoms with van der Waals surface area (Å²) in [5.74, 6) is 1.32. The van der Waals surface area contributed by atoms with E-state index < -0.39 is 5.60 Å². The van der Waals surface area contributed by atoms with Crippen LogP contribution in [0, 0.1) is 0 Å². The number of aliphatic hydroxyl groups is 1. The Kier molecular flexibility index (Phi) is 8.86. The number of hydrogen-bond acceptors (Lipinski definition) is 9. The van der Waals surface area contributed by atoms with Crippen LogP contribution in [0.5, 0.6) is 11.5 Å².